The highest BCUT2D eigenvalue weighted by Crippen LogP contribution is 2.41. The van der Waals surface area contributed by atoms with Crippen LogP contribution in [0.5, 0.6) is 0 Å². The first-order valence-corrected chi connectivity index (χ1v) is 7.90. The Bertz CT molecular complexity index is 462. The van der Waals surface area contributed by atoms with E-state index in [1.54, 1.807) is 0 Å². The van der Waals surface area contributed by atoms with E-state index in [2.05, 4.69) is 29.2 Å². The van der Waals surface area contributed by atoms with Gasteiger partial charge in [-0.3, -0.25) is 0 Å². The molecule has 0 bridgehead atoms. The first-order chi connectivity index (χ1) is 9.81. The third-order valence-electron chi connectivity index (χ3n) is 5.21. The van der Waals surface area contributed by atoms with Crippen LogP contribution in [0.3, 0.4) is 0 Å². The van der Waals surface area contributed by atoms with Crippen LogP contribution in [-0.4, -0.2) is 31.8 Å². The number of aryl methyl sites for hydroxylation is 1. The van der Waals surface area contributed by atoms with Crippen molar-refractivity contribution < 1.29 is 4.74 Å². The topological polar surface area (TPSA) is 38.5 Å². The highest BCUT2D eigenvalue weighted by atomic mass is 16.5. The fourth-order valence-electron chi connectivity index (χ4n) is 4.18. The maximum absolute atomic E-state index is 6.27. The Morgan fingerprint density at radius 2 is 2.15 bits per heavy atom. The summed E-state index contributed by atoms with van der Waals surface area (Å²) in [6, 6.07) is 8.81. The molecule has 1 aliphatic carbocycles. The van der Waals surface area contributed by atoms with Crippen molar-refractivity contribution in [2.75, 3.05) is 25.1 Å². The summed E-state index contributed by atoms with van der Waals surface area (Å²) >= 11 is 0. The van der Waals surface area contributed by atoms with E-state index in [0.717, 1.165) is 19.4 Å². The molecule has 110 valence electrons. The minimum Gasteiger partial charge on any atom is -0.379 e. The SMILES string of the molecule is COC1CCCCC1(CN)N1CCCc2ccccc21. The van der Waals surface area contributed by atoms with Gasteiger partial charge < -0.3 is 15.4 Å². The van der Waals surface area contributed by atoms with Crippen molar-refractivity contribution in [2.45, 2.75) is 50.2 Å². The van der Waals surface area contributed by atoms with E-state index < -0.39 is 0 Å². The summed E-state index contributed by atoms with van der Waals surface area (Å²) in [7, 11) is 1.84. The molecule has 0 spiro atoms. The maximum Gasteiger partial charge on any atom is 0.0815 e. The lowest BCUT2D eigenvalue weighted by atomic mass is 9.76. The Labute approximate surface area is 122 Å². The molecule has 3 nitrogen and oxygen atoms in total. The molecule has 0 radical (unpaired) electrons. The summed E-state index contributed by atoms with van der Waals surface area (Å²) < 4.78 is 5.84. The lowest BCUT2D eigenvalue weighted by Gasteiger charge is -2.53. The first kappa shape index (κ1) is 13.9. The van der Waals surface area contributed by atoms with Gasteiger partial charge >= 0.3 is 0 Å². The molecule has 1 aromatic carbocycles. The van der Waals surface area contributed by atoms with Gasteiger partial charge in [0, 0.05) is 25.9 Å². The molecule has 2 aliphatic rings. The average molecular weight is 274 g/mol. The van der Waals surface area contributed by atoms with Crippen molar-refractivity contribution in [1.82, 2.24) is 0 Å². The van der Waals surface area contributed by atoms with Crippen molar-refractivity contribution in [3.8, 4) is 0 Å². The van der Waals surface area contributed by atoms with E-state index in [9.17, 15) is 0 Å². The van der Waals surface area contributed by atoms with Crippen LogP contribution < -0.4 is 10.6 Å². The maximum atomic E-state index is 6.27. The Morgan fingerprint density at radius 1 is 1.30 bits per heavy atom. The van der Waals surface area contributed by atoms with Gasteiger partial charge in [-0.1, -0.05) is 31.0 Å². The van der Waals surface area contributed by atoms with Crippen LogP contribution >= 0.6 is 0 Å². The van der Waals surface area contributed by atoms with Crippen LogP contribution in [0.15, 0.2) is 24.3 Å². The Balaban J connectivity index is 2.01. The third kappa shape index (κ3) is 2.13. The average Bonchev–Trinajstić information content (AvgIpc) is 2.54. The normalized spacial score (nSPS) is 30.1. The number of hydrogen-bond donors (Lipinski definition) is 1. The molecular weight excluding hydrogens is 248 g/mol. The van der Waals surface area contributed by atoms with Gasteiger partial charge in [0.1, 0.15) is 0 Å². The van der Waals surface area contributed by atoms with Crippen LogP contribution in [0.25, 0.3) is 0 Å². The minimum absolute atomic E-state index is 0.0104. The Hall–Kier alpha value is -1.06. The van der Waals surface area contributed by atoms with E-state index in [-0.39, 0.29) is 11.6 Å². The van der Waals surface area contributed by atoms with E-state index in [4.69, 9.17) is 10.5 Å². The van der Waals surface area contributed by atoms with Crippen LogP contribution in [0, 0.1) is 0 Å². The van der Waals surface area contributed by atoms with Crippen LogP contribution in [-0.2, 0) is 11.2 Å². The van der Waals surface area contributed by atoms with Crippen LogP contribution in [0.2, 0.25) is 0 Å². The molecule has 2 unspecified atom stereocenters. The second kappa shape index (κ2) is 5.74. The predicted octanol–water partition coefficient (Wildman–Crippen LogP) is 2.73. The second-order valence-electron chi connectivity index (χ2n) is 6.16. The number of rotatable bonds is 3. The summed E-state index contributed by atoms with van der Waals surface area (Å²) in [5.74, 6) is 0. The Kier molecular flexibility index (Phi) is 3.99. The molecule has 1 saturated carbocycles. The van der Waals surface area contributed by atoms with Gasteiger partial charge in [0.05, 0.1) is 11.6 Å². The standard InChI is InChI=1S/C17H26N2O/c1-20-16-10-4-5-11-17(16,13-18)19-12-6-8-14-7-2-3-9-15(14)19/h2-3,7,9,16H,4-6,8,10-13,18H2,1H3. The Morgan fingerprint density at radius 3 is 2.95 bits per heavy atom. The van der Waals surface area contributed by atoms with E-state index >= 15 is 0 Å². The van der Waals surface area contributed by atoms with Gasteiger partial charge in [0.25, 0.3) is 0 Å². The molecule has 1 aliphatic heterocycles. The highest BCUT2D eigenvalue weighted by Gasteiger charge is 2.45. The first-order valence-electron chi connectivity index (χ1n) is 7.90. The predicted molar refractivity (Wildman–Crippen MR) is 83.2 cm³/mol. The van der Waals surface area contributed by atoms with Gasteiger partial charge in [-0.15, -0.1) is 0 Å². The summed E-state index contributed by atoms with van der Waals surface area (Å²) in [6.45, 7) is 1.79. The molecule has 1 fully saturated rings. The van der Waals surface area contributed by atoms with Crippen molar-refractivity contribution in [3.05, 3.63) is 29.8 Å². The van der Waals surface area contributed by atoms with Crippen LogP contribution in [0.1, 0.15) is 37.7 Å². The molecule has 0 amide bonds. The number of fused-ring (bicyclic) bond motifs is 1. The molecular formula is C17H26N2O. The zero-order chi connectivity index (χ0) is 14.0. The number of hydrogen-bond acceptors (Lipinski definition) is 3. The summed E-state index contributed by atoms with van der Waals surface area (Å²) in [4.78, 5) is 2.57. The molecule has 0 saturated heterocycles. The molecule has 3 rings (SSSR count). The third-order valence-corrected chi connectivity index (χ3v) is 5.21. The molecule has 2 N–H and O–H groups in total. The second-order valence-corrected chi connectivity index (χ2v) is 6.16. The smallest absolute Gasteiger partial charge is 0.0815 e. The molecule has 20 heavy (non-hydrogen) atoms. The summed E-state index contributed by atoms with van der Waals surface area (Å²) in [5.41, 5.74) is 9.11. The van der Waals surface area contributed by atoms with Crippen molar-refractivity contribution in [2.24, 2.45) is 5.73 Å². The summed E-state index contributed by atoms with van der Waals surface area (Å²) in [6.07, 6.45) is 7.46. The quantitative estimate of drug-likeness (QED) is 0.921. The molecule has 1 aromatic rings. The fourth-order valence-corrected chi connectivity index (χ4v) is 4.18. The number of ether oxygens (including phenoxy) is 1. The molecule has 1 heterocycles. The molecule has 2 atom stereocenters. The number of anilines is 1. The number of nitrogens with zero attached hydrogens (tertiary/aromatic N) is 1. The minimum atomic E-state index is -0.0104. The largest absolute Gasteiger partial charge is 0.379 e. The van der Waals surface area contributed by atoms with Gasteiger partial charge in [0.2, 0.25) is 0 Å². The highest BCUT2D eigenvalue weighted by molar-refractivity contribution is 5.58. The number of nitrogens with two attached hydrogens (primary N) is 1. The van der Waals surface area contributed by atoms with Gasteiger partial charge in [-0.25, -0.2) is 0 Å². The van der Waals surface area contributed by atoms with Gasteiger partial charge in [-0.2, -0.15) is 0 Å². The van der Waals surface area contributed by atoms with Crippen molar-refractivity contribution in [3.63, 3.8) is 0 Å². The van der Waals surface area contributed by atoms with E-state index in [0.29, 0.717) is 6.54 Å². The van der Waals surface area contributed by atoms with Gasteiger partial charge in [0.15, 0.2) is 0 Å². The zero-order valence-electron chi connectivity index (χ0n) is 12.5. The molecule has 3 heteroatoms. The number of para-hydroxylation sites is 1. The number of benzene rings is 1. The van der Waals surface area contributed by atoms with Crippen molar-refractivity contribution >= 4 is 5.69 Å². The van der Waals surface area contributed by atoms with E-state index in [1.165, 1.54) is 36.9 Å². The monoisotopic (exact) mass is 274 g/mol. The molecule has 0 aromatic heterocycles. The zero-order valence-corrected chi connectivity index (χ0v) is 12.5. The van der Waals surface area contributed by atoms with Gasteiger partial charge in [-0.05, 0) is 37.3 Å². The lowest BCUT2D eigenvalue weighted by Crippen LogP contribution is -2.64. The van der Waals surface area contributed by atoms with E-state index in [1.807, 2.05) is 7.11 Å². The lowest BCUT2D eigenvalue weighted by molar-refractivity contribution is 0.00500. The fraction of sp³-hybridized carbons (Fsp3) is 0.647. The van der Waals surface area contributed by atoms with Crippen molar-refractivity contribution in [1.29, 1.82) is 0 Å². The number of methoxy groups -OCH3 is 1. The van der Waals surface area contributed by atoms with Crippen LogP contribution in [0.4, 0.5) is 5.69 Å². The summed E-state index contributed by atoms with van der Waals surface area (Å²) in [5, 5.41) is 0.